The number of hydrogen-bond donors (Lipinski definition) is 1. The summed E-state index contributed by atoms with van der Waals surface area (Å²) in [5, 5.41) is 14.1. The van der Waals surface area contributed by atoms with Gasteiger partial charge in [0.25, 0.3) is 5.69 Å². The van der Waals surface area contributed by atoms with E-state index in [1.807, 2.05) is 47.8 Å². The number of ether oxygens (including phenoxy) is 1. The second-order valence-corrected chi connectivity index (χ2v) is 8.09. The van der Waals surface area contributed by atoms with Gasteiger partial charge in [-0.05, 0) is 41.3 Å². The minimum absolute atomic E-state index is 0.0939. The summed E-state index contributed by atoms with van der Waals surface area (Å²) in [4.78, 5) is 14.3. The van der Waals surface area contributed by atoms with Gasteiger partial charge in [0.15, 0.2) is 0 Å². The molecule has 0 aliphatic heterocycles. The number of nitrogens with two attached hydrogens (primary N) is 1. The SMILES string of the molecule is COc1ccc([C@H](Cc2ccc(-c3ccccc3[N+](=O)[O-])cc2)c2csc(N)[nH+]2)cc1. The van der Waals surface area contributed by atoms with Crippen molar-refractivity contribution in [3.63, 3.8) is 0 Å². The molecular formula is C24H22N3O3S+. The summed E-state index contributed by atoms with van der Waals surface area (Å²) in [6.07, 6.45) is 0.760. The fourth-order valence-electron chi connectivity index (χ4n) is 3.67. The number of anilines is 1. The lowest BCUT2D eigenvalue weighted by Gasteiger charge is -2.15. The molecule has 0 saturated carbocycles. The molecule has 1 heterocycles. The predicted octanol–water partition coefficient (Wildman–Crippen LogP) is 5.10. The number of nitrogens with zero attached hydrogens (tertiary/aromatic N) is 1. The van der Waals surface area contributed by atoms with Crippen molar-refractivity contribution < 1.29 is 14.6 Å². The zero-order valence-corrected chi connectivity index (χ0v) is 17.8. The molecular weight excluding hydrogens is 410 g/mol. The molecule has 3 N–H and O–H groups in total. The van der Waals surface area contributed by atoms with Crippen molar-refractivity contribution >= 4 is 22.2 Å². The van der Waals surface area contributed by atoms with Gasteiger partial charge in [0.1, 0.15) is 11.4 Å². The number of H-pyrrole nitrogens is 1. The van der Waals surface area contributed by atoms with E-state index in [9.17, 15) is 10.1 Å². The van der Waals surface area contributed by atoms with Crippen LogP contribution in [0.25, 0.3) is 11.1 Å². The van der Waals surface area contributed by atoms with E-state index in [1.165, 1.54) is 17.4 Å². The average molecular weight is 433 g/mol. The molecule has 0 bridgehead atoms. The largest absolute Gasteiger partial charge is 0.497 e. The molecule has 156 valence electrons. The highest BCUT2D eigenvalue weighted by molar-refractivity contribution is 7.13. The van der Waals surface area contributed by atoms with E-state index < -0.39 is 0 Å². The van der Waals surface area contributed by atoms with E-state index in [2.05, 4.69) is 17.1 Å². The summed E-state index contributed by atoms with van der Waals surface area (Å²) >= 11 is 1.48. The minimum Gasteiger partial charge on any atom is -0.497 e. The molecule has 0 spiro atoms. The van der Waals surface area contributed by atoms with Crippen LogP contribution in [0.1, 0.15) is 22.7 Å². The summed E-state index contributed by atoms with van der Waals surface area (Å²) in [5.74, 6) is 0.904. The number of nitro benzene ring substituents is 1. The smallest absolute Gasteiger partial charge is 0.329 e. The normalized spacial score (nSPS) is 11.8. The van der Waals surface area contributed by atoms with Crippen molar-refractivity contribution in [3.8, 4) is 16.9 Å². The maximum Gasteiger partial charge on any atom is 0.329 e. The van der Waals surface area contributed by atoms with Gasteiger partial charge in [0.05, 0.1) is 23.5 Å². The van der Waals surface area contributed by atoms with Crippen molar-refractivity contribution in [1.82, 2.24) is 0 Å². The Morgan fingerprint density at radius 2 is 1.77 bits per heavy atom. The number of thiazole rings is 1. The third-order valence-corrected chi connectivity index (χ3v) is 6.01. The summed E-state index contributed by atoms with van der Waals surface area (Å²) in [6.45, 7) is 0. The Bertz CT molecular complexity index is 1190. The first-order chi connectivity index (χ1) is 15.0. The van der Waals surface area contributed by atoms with E-state index in [1.54, 1.807) is 19.2 Å². The molecule has 3 aromatic carbocycles. The molecule has 0 unspecified atom stereocenters. The summed E-state index contributed by atoms with van der Waals surface area (Å²) in [5.41, 5.74) is 10.8. The molecule has 31 heavy (non-hydrogen) atoms. The van der Waals surface area contributed by atoms with Crippen LogP contribution in [0.2, 0.25) is 0 Å². The Morgan fingerprint density at radius 1 is 1.06 bits per heavy atom. The van der Waals surface area contributed by atoms with Gasteiger partial charge in [-0.2, -0.15) is 0 Å². The second kappa shape index (κ2) is 8.97. The first-order valence-corrected chi connectivity index (χ1v) is 10.7. The standard InChI is InChI=1S/C24H21N3O3S/c1-30-19-12-10-18(11-13-19)21(22-15-31-24(25)26-22)14-16-6-8-17(9-7-16)20-4-2-3-5-23(20)27(28)29/h2-13,15,21H,14H2,1H3,(H2,25,26)/p+1/t21-/m0/s1. The number of nitro groups is 1. The van der Waals surface area contributed by atoms with Gasteiger partial charge >= 0.3 is 5.13 Å². The number of nitrogens with one attached hydrogen (secondary N) is 1. The molecule has 0 radical (unpaired) electrons. The highest BCUT2D eigenvalue weighted by atomic mass is 32.1. The maximum absolute atomic E-state index is 11.4. The van der Waals surface area contributed by atoms with E-state index in [0.29, 0.717) is 10.7 Å². The van der Waals surface area contributed by atoms with Crippen molar-refractivity contribution in [1.29, 1.82) is 0 Å². The quantitative estimate of drug-likeness (QED) is 0.325. The number of hydrogen-bond acceptors (Lipinski definition) is 5. The molecule has 1 atom stereocenters. The number of aromatic nitrogens is 1. The Hall–Kier alpha value is -3.71. The molecule has 1 aromatic heterocycles. The van der Waals surface area contributed by atoms with Crippen LogP contribution >= 0.6 is 11.3 Å². The number of aromatic amines is 1. The van der Waals surface area contributed by atoms with Crippen LogP contribution in [-0.2, 0) is 6.42 Å². The van der Waals surface area contributed by atoms with Crippen LogP contribution in [0.4, 0.5) is 10.8 Å². The first kappa shape index (κ1) is 20.6. The van der Waals surface area contributed by atoms with Crippen molar-refractivity contribution in [2.75, 3.05) is 12.8 Å². The lowest BCUT2D eigenvalue weighted by atomic mass is 9.89. The van der Waals surface area contributed by atoms with Crippen LogP contribution in [0.15, 0.2) is 78.2 Å². The van der Waals surface area contributed by atoms with Crippen LogP contribution in [0.5, 0.6) is 5.75 Å². The average Bonchev–Trinajstić information content (AvgIpc) is 3.24. The van der Waals surface area contributed by atoms with Gasteiger partial charge in [0.2, 0.25) is 0 Å². The van der Waals surface area contributed by atoms with Crippen LogP contribution in [0, 0.1) is 10.1 Å². The van der Waals surface area contributed by atoms with E-state index in [4.69, 9.17) is 10.5 Å². The van der Waals surface area contributed by atoms with Gasteiger partial charge in [0, 0.05) is 11.4 Å². The zero-order chi connectivity index (χ0) is 21.8. The Morgan fingerprint density at radius 3 is 2.39 bits per heavy atom. The molecule has 0 aliphatic rings. The molecule has 0 saturated heterocycles. The van der Waals surface area contributed by atoms with E-state index in [0.717, 1.165) is 34.6 Å². The second-order valence-electron chi connectivity index (χ2n) is 7.18. The lowest BCUT2D eigenvalue weighted by molar-refractivity contribution is -0.384. The summed E-state index contributed by atoms with van der Waals surface area (Å²) in [6, 6.07) is 22.8. The van der Waals surface area contributed by atoms with Crippen molar-refractivity contribution in [2.24, 2.45) is 0 Å². The number of methoxy groups -OCH3 is 1. The van der Waals surface area contributed by atoms with Crippen LogP contribution in [0.3, 0.4) is 0 Å². The summed E-state index contributed by atoms with van der Waals surface area (Å²) in [7, 11) is 1.65. The summed E-state index contributed by atoms with van der Waals surface area (Å²) < 4.78 is 5.28. The molecule has 6 nitrogen and oxygen atoms in total. The van der Waals surface area contributed by atoms with Crippen LogP contribution in [-0.4, -0.2) is 12.0 Å². The van der Waals surface area contributed by atoms with Gasteiger partial charge in [-0.3, -0.25) is 15.8 Å². The van der Waals surface area contributed by atoms with Gasteiger partial charge in [-0.25, -0.2) is 4.98 Å². The topological polar surface area (TPSA) is 92.5 Å². The molecule has 7 heteroatoms. The highest BCUT2D eigenvalue weighted by Crippen LogP contribution is 2.32. The zero-order valence-electron chi connectivity index (χ0n) is 16.9. The number of rotatable bonds is 7. The number of benzene rings is 3. The lowest BCUT2D eigenvalue weighted by Crippen LogP contribution is -2.17. The Kier molecular flexibility index (Phi) is 5.95. The van der Waals surface area contributed by atoms with Crippen LogP contribution < -0.4 is 15.5 Å². The van der Waals surface area contributed by atoms with E-state index >= 15 is 0 Å². The minimum atomic E-state index is -0.347. The fraction of sp³-hybridized carbons (Fsp3) is 0.125. The number of nitrogen functional groups attached to an aromatic ring is 1. The molecule has 4 aromatic rings. The monoisotopic (exact) mass is 432 g/mol. The molecule has 0 fully saturated rings. The van der Waals surface area contributed by atoms with Crippen molar-refractivity contribution in [2.45, 2.75) is 12.3 Å². The highest BCUT2D eigenvalue weighted by Gasteiger charge is 2.21. The van der Waals surface area contributed by atoms with Gasteiger partial charge in [-0.1, -0.05) is 59.9 Å². The molecule has 0 amide bonds. The predicted molar refractivity (Wildman–Crippen MR) is 122 cm³/mol. The number of para-hydroxylation sites is 1. The van der Waals surface area contributed by atoms with Gasteiger partial charge in [-0.15, -0.1) is 0 Å². The third-order valence-electron chi connectivity index (χ3n) is 5.28. The van der Waals surface area contributed by atoms with Gasteiger partial charge < -0.3 is 4.74 Å². The third kappa shape index (κ3) is 4.57. The molecule has 0 aliphatic carbocycles. The van der Waals surface area contributed by atoms with E-state index in [-0.39, 0.29) is 16.5 Å². The first-order valence-electron chi connectivity index (χ1n) is 9.78. The molecule has 4 rings (SSSR count). The Labute approximate surface area is 184 Å². The maximum atomic E-state index is 11.4. The fourth-order valence-corrected chi connectivity index (χ4v) is 4.33. The van der Waals surface area contributed by atoms with Crippen molar-refractivity contribution in [3.05, 3.63) is 105 Å². The Balaban J connectivity index is 1.64.